The summed E-state index contributed by atoms with van der Waals surface area (Å²) in [4.78, 5) is 10.4. The topological polar surface area (TPSA) is 37.3 Å². The molecule has 1 aromatic carbocycles. The van der Waals surface area contributed by atoms with Crippen LogP contribution in [0, 0.1) is 6.92 Å². The molecule has 0 fully saturated rings. The fourth-order valence-electron chi connectivity index (χ4n) is 1.12. The van der Waals surface area contributed by atoms with E-state index in [1.165, 1.54) is 16.1 Å². The normalized spacial score (nSPS) is 10.7. The van der Waals surface area contributed by atoms with Gasteiger partial charge in [-0.25, -0.2) is 0 Å². The Morgan fingerprint density at radius 3 is 2.79 bits per heavy atom. The molecule has 74 valence electrons. The molecular weight excluding hydrogens is 243 g/mol. The predicted molar refractivity (Wildman–Crippen MR) is 59.1 cm³/mol. The molecule has 2 nitrogen and oxygen atoms in total. The Balaban J connectivity index is 3.02. The summed E-state index contributed by atoms with van der Waals surface area (Å²) in [5, 5.41) is 8.51. The molecule has 0 heterocycles. The van der Waals surface area contributed by atoms with E-state index in [2.05, 4.69) is 11.9 Å². The van der Waals surface area contributed by atoms with Gasteiger partial charge in [0.2, 0.25) is 0 Å². The Kier molecular flexibility index (Phi) is 3.93. The molecule has 1 rings (SSSR count). The van der Waals surface area contributed by atoms with Crippen molar-refractivity contribution in [2.45, 2.75) is 12.7 Å². The molecule has 0 aromatic heterocycles. The van der Waals surface area contributed by atoms with Gasteiger partial charge in [0.25, 0.3) is 0 Å². The molecule has 1 aromatic rings. The number of benzene rings is 1. The van der Waals surface area contributed by atoms with Crippen molar-refractivity contribution in [3.8, 4) is 0 Å². The van der Waals surface area contributed by atoms with Crippen LogP contribution in [0.5, 0.6) is 0 Å². The van der Waals surface area contributed by atoms with Crippen LogP contribution in [0.2, 0.25) is 5.82 Å². The van der Waals surface area contributed by atoms with Gasteiger partial charge in [-0.3, -0.25) is 0 Å². The molecule has 0 aliphatic rings. The molecule has 0 spiro atoms. The number of hydrogen-bond donors (Lipinski definition) is 1. The van der Waals surface area contributed by atoms with E-state index in [1.54, 1.807) is 6.08 Å². The number of rotatable bonds is 3. The van der Waals surface area contributed by atoms with Gasteiger partial charge in [-0.1, -0.05) is 0 Å². The van der Waals surface area contributed by atoms with Crippen LogP contribution in [-0.2, 0) is 4.79 Å². The van der Waals surface area contributed by atoms with Crippen molar-refractivity contribution < 1.29 is 9.90 Å². The first-order valence-electron chi connectivity index (χ1n) is 4.19. The summed E-state index contributed by atoms with van der Waals surface area (Å²) in [6, 6.07) is 6.08. The summed E-state index contributed by atoms with van der Waals surface area (Å²) in [6.07, 6.45) is 2.84. The average Bonchev–Trinajstić information content (AvgIpc) is 2.15. The van der Waals surface area contributed by atoms with Crippen molar-refractivity contribution >= 4 is 31.5 Å². The number of hydrogen-bond acceptors (Lipinski definition) is 1. The Morgan fingerprint density at radius 1 is 1.50 bits per heavy atom. The van der Waals surface area contributed by atoms with Gasteiger partial charge in [0.1, 0.15) is 0 Å². The first-order chi connectivity index (χ1) is 6.63. The fourth-order valence-corrected chi connectivity index (χ4v) is 2.53. The SMILES string of the molecule is C[Se]c1cc(C)ccc1/C=C/C(=O)O. The van der Waals surface area contributed by atoms with Crippen LogP contribution in [0.3, 0.4) is 0 Å². The van der Waals surface area contributed by atoms with Gasteiger partial charge in [0.15, 0.2) is 0 Å². The van der Waals surface area contributed by atoms with Gasteiger partial charge in [-0.15, -0.1) is 0 Å². The molecule has 0 bridgehead atoms. The minimum absolute atomic E-state index is 0.393. The summed E-state index contributed by atoms with van der Waals surface area (Å²) in [5.41, 5.74) is 2.23. The molecule has 0 atom stereocenters. The number of aryl methyl sites for hydroxylation is 1. The second-order valence-corrected chi connectivity index (χ2v) is 4.70. The zero-order chi connectivity index (χ0) is 10.6. The summed E-state index contributed by atoms with van der Waals surface area (Å²) in [6.45, 7) is 2.04. The van der Waals surface area contributed by atoms with Crippen molar-refractivity contribution in [2.24, 2.45) is 0 Å². The molecule has 0 amide bonds. The summed E-state index contributed by atoms with van der Waals surface area (Å²) in [5.74, 6) is 1.22. The van der Waals surface area contributed by atoms with Gasteiger partial charge in [0.05, 0.1) is 0 Å². The molecular formula is C11H12O2Se. The standard InChI is InChI=1S/C11H12O2Se/c1-8-3-4-9(5-6-11(12)13)10(7-8)14-2/h3-7H,1-2H3,(H,12,13)/b6-5+. The van der Waals surface area contributed by atoms with E-state index in [1.807, 2.05) is 19.1 Å². The molecule has 0 radical (unpaired) electrons. The zero-order valence-corrected chi connectivity index (χ0v) is 9.86. The van der Waals surface area contributed by atoms with Crippen LogP contribution in [0.4, 0.5) is 0 Å². The van der Waals surface area contributed by atoms with Crippen molar-refractivity contribution in [3.63, 3.8) is 0 Å². The molecule has 3 heteroatoms. The summed E-state index contributed by atoms with van der Waals surface area (Å²) >= 11 is 0.393. The van der Waals surface area contributed by atoms with Crippen LogP contribution in [0.15, 0.2) is 24.3 Å². The van der Waals surface area contributed by atoms with Crippen molar-refractivity contribution in [3.05, 3.63) is 35.4 Å². The number of carboxylic acids is 1. The van der Waals surface area contributed by atoms with Crippen LogP contribution in [0.1, 0.15) is 11.1 Å². The third kappa shape index (κ3) is 3.02. The third-order valence-corrected chi connectivity index (χ3v) is 3.46. The van der Waals surface area contributed by atoms with Crippen LogP contribution in [0.25, 0.3) is 6.08 Å². The van der Waals surface area contributed by atoms with Gasteiger partial charge < -0.3 is 0 Å². The maximum absolute atomic E-state index is 10.4. The first kappa shape index (κ1) is 11.0. The molecule has 0 saturated heterocycles. The summed E-state index contributed by atoms with van der Waals surface area (Å²) in [7, 11) is 0. The van der Waals surface area contributed by atoms with E-state index in [0.29, 0.717) is 15.0 Å². The Hall–Kier alpha value is -1.05. The van der Waals surface area contributed by atoms with Crippen LogP contribution >= 0.6 is 0 Å². The predicted octanol–water partition coefficient (Wildman–Crippen LogP) is 1.47. The van der Waals surface area contributed by atoms with Crippen molar-refractivity contribution in [1.82, 2.24) is 0 Å². The molecule has 0 unspecified atom stereocenters. The van der Waals surface area contributed by atoms with E-state index in [4.69, 9.17) is 5.11 Å². The van der Waals surface area contributed by atoms with Crippen molar-refractivity contribution in [1.29, 1.82) is 0 Å². The maximum atomic E-state index is 10.4. The van der Waals surface area contributed by atoms with E-state index < -0.39 is 5.97 Å². The third-order valence-electron chi connectivity index (χ3n) is 1.79. The van der Waals surface area contributed by atoms with Gasteiger partial charge >= 0.3 is 89.5 Å². The van der Waals surface area contributed by atoms with Crippen LogP contribution < -0.4 is 4.46 Å². The Morgan fingerprint density at radius 2 is 2.21 bits per heavy atom. The first-order valence-corrected chi connectivity index (χ1v) is 6.76. The number of aliphatic carboxylic acids is 1. The Labute approximate surface area is 89.8 Å². The second kappa shape index (κ2) is 4.99. The number of carboxylic acid groups (broad SMARTS) is 1. The van der Waals surface area contributed by atoms with Gasteiger partial charge in [-0.2, -0.15) is 0 Å². The minimum atomic E-state index is -0.903. The average molecular weight is 255 g/mol. The molecule has 1 N–H and O–H groups in total. The van der Waals surface area contributed by atoms with E-state index >= 15 is 0 Å². The molecule has 14 heavy (non-hydrogen) atoms. The van der Waals surface area contributed by atoms with Gasteiger partial charge in [0, 0.05) is 0 Å². The van der Waals surface area contributed by atoms with Crippen molar-refractivity contribution in [2.75, 3.05) is 0 Å². The number of carbonyl (C=O) groups is 1. The second-order valence-electron chi connectivity index (χ2n) is 2.92. The summed E-state index contributed by atoms with van der Waals surface area (Å²) < 4.78 is 1.25. The van der Waals surface area contributed by atoms with E-state index in [-0.39, 0.29) is 0 Å². The Bertz CT molecular complexity index is 370. The zero-order valence-electron chi connectivity index (χ0n) is 8.15. The quantitative estimate of drug-likeness (QED) is 0.656. The monoisotopic (exact) mass is 256 g/mol. The molecule has 0 aliphatic heterocycles. The fraction of sp³-hybridized carbons (Fsp3) is 0.182. The van der Waals surface area contributed by atoms with E-state index in [0.717, 1.165) is 5.56 Å². The van der Waals surface area contributed by atoms with Crippen LogP contribution in [-0.4, -0.2) is 26.0 Å². The molecule has 0 aliphatic carbocycles. The molecule has 0 saturated carbocycles. The van der Waals surface area contributed by atoms with Gasteiger partial charge in [-0.05, 0) is 0 Å². The van der Waals surface area contributed by atoms with E-state index in [9.17, 15) is 4.79 Å².